The first-order chi connectivity index (χ1) is 10.0. The number of nitro groups is 1. The molecule has 0 saturated heterocycles. The normalized spacial score (nSPS) is 12.0. The second-order valence-electron chi connectivity index (χ2n) is 5.24. The molecule has 2 aromatic rings. The lowest BCUT2D eigenvalue weighted by Gasteiger charge is -2.16. The van der Waals surface area contributed by atoms with Crippen LogP contribution in [0.25, 0.3) is 0 Å². The Morgan fingerprint density at radius 1 is 1.19 bits per heavy atom. The molecule has 0 aliphatic heterocycles. The fourth-order valence-electron chi connectivity index (χ4n) is 2.28. The van der Waals surface area contributed by atoms with Gasteiger partial charge in [0.25, 0.3) is 5.69 Å². The predicted octanol–water partition coefficient (Wildman–Crippen LogP) is 4.64. The van der Waals surface area contributed by atoms with E-state index in [1.54, 1.807) is 12.1 Å². The van der Waals surface area contributed by atoms with Crippen molar-refractivity contribution in [1.29, 1.82) is 0 Å². The van der Waals surface area contributed by atoms with Gasteiger partial charge in [-0.15, -0.1) is 0 Å². The van der Waals surface area contributed by atoms with Crippen LogP contribution in [0.3, 0.4) is 0 Å². The van der Waals surface area contributed by atoms with Crippen LogP contribution in [0.2, 0.25) is 0 Å². The van der Waals surface area contributed by atoms with Crippen LogP contribution in [0, 0.1) is 17.0 Å². The number of hydrogen-bond acceptors (Lipinski definition) is 3. The number of anilines is 1. The maximum Gasteiger partial charge on any atom is 0.292 e. The first-order valence-electron chi connectivity index (χ1n) is 7.11. The Labute approximate surface area is 125 Å². The summed E-state index contributed by atoms with van der Waals surface area (Å²) >= 11 is 0. The molecule has 0 aliphatic carbocycles. The average molecular weight is 284 g/mol. The van der Waals surface area contributed by atoms with Crippen LogP contribution in [0.15, 0.2) is 42.5 Å². The second kappa shape index (κ2) is 6.39. The van der Waals surface area contributed by atoms with E-state index in [-0.39, 0.29) is 16.7 Å². The molecule has 0 aromatic heterocycles. The standard InChI is InChI=1S/C17H20N2O2/c1-4-14-6-8-15(9-7-14)13(3)18-16-11-12(2)5-10-17(16)19(20)21/h5-11,13,18H,4H2,1-3H3. The zero-order chi connectivity index (χ0) is 15.4. The minimum absolute atomic E-state index is 0.0106. The summed E-state index contributed by atoms with van der Waals surface area (Å²) in [5.74, 6) is 0. The number of benzene rings is 2. The van der Waals surface area contributed by atoms with Gasteiger partial charge in [0.15, 0.2) is 0 Å². The van der Waals surface area contributed by atoms with Gasteiger partial charge >= 0.3 is 0 Å². The smallest absolute Gasteiger partial charge is 0.292 e. The minimum Gasteiger partial charge on any atom is -0.373 e. The quantitative estimate of drug-likeness (QED) is 0.643. The third-order valence-electron chi connectivity index (χ3n) is 3.61. The van der Waals surface area contributed by atoms with E-state index < -0.39 is 0 Å². The third kappa shape index (κ3) is 3.60. The van der Waals surface area contributed by atoms with Gasteiger partial charge in [0.1, 0.15) is 5.69 Å². The highest BCUT2D eigenvalue weighted by molar-refractivity contribution is 5.63. The van der Waals surface area contributed by atoms with Crippen LogP contribution in [0.5, 0.6) is 0 Å². The van der Waals surface area contributed by atoms with Crippen molar-refractivity contribution in [3.63, 3.8) is 0 Å². The molecule has 0 saturated carbocycles. The maximum absolute atomic E-state index is 11.1. The Morgan fingerprint density at radius 3 is 2.43 bits per heavy atom. The van der Waals surface area contributed by atoms with Crippen LogP contribution in [0.1, 0.15) is 36.6 Å². The molecule has 0 fully saturated rings. The van der Waals surface area contributed by atoms with Crippen molar-refractivity contribution in [1.82, 2.24) is 0 Å². The molecular formula is C17H20N2O2. The average Bonchev–Trinajstić information content (AvgIpc) is 2.47. The van der Waals surface area contributed by atoms with Crippen LogP contribution >= 0.6 is 0 Å². The van der Waals surface area contributed by atoms with Crippen LogP contribution in [-0.4, -0.2) is 4.92 Å². The zero-order valence-electron chi connectivity index (χ0n) is 12.6. The van der Waals surface area contributed by atoms with Gasteiger partial charge in [0.2, 0.25) is 0 Å². The van der Waals surface area contributed by atoms with Crippen molar-refractivity contribution >= 4 is 11.4 Å². The number of rotatable bonds is 5. The number of nitro benzene ring substituents is 1. The molecule has 1 N–H and O–H groups in total. The lowest BCUT2D eigenvalue weighted by Crippen LogP contribution is -2.08. The molecule has 0 heterocycles. The van der Waals surface area contributed by atoms with E-state index in [4.69, 9.17) is 0 Å². The summed E-state index contributed by atoms with van der Waals surface area (Å²) in [5.41, 5.74) is 4.07. The number of nitrogens with one attached hydrogen (secondary N) is 1. The van der Waals surface area contributed by atoms with E-state index >= 15 is 0 Å². The van der Waals surface area contributed by atoms with Gasteiger partial charge in [-0.25, -0.2) is 0 Å². The molecule has 2 rings (SSSR count). The fraction of sp³-hybridized carbons (Fsp3) is 0.294. The minimum atomic E-state index is -0.353. The third-order valence-corrected chi connectivity index (χ3v) is 3.61. The Morgan fingerprint density at radius 2 is 1.86 bits per heavy atom. The summed E-state index contributed by atoms with van der Waals surface area (Å²) in [6.45, 7) is 6.05. The summed E-state index contributed by atoms with van der Waals surface area (Å²) in [7, 11) is 0. The Hall–Kier alpha value is -2.36. The highest BCUT2D eigenvalue weighted by atomic mass is 16.6. The molecule has 0 bridgehead atoms. The SMILES string of the molecule is CCc1ccc(C(C)Nc2cc(C)ccc2[N+](=O)[O-])cc1. The van der Waals surface area contributed by atoms with Crippen LogP contribution in [-0.2, 0) is 6.42 Å². The summed E-state index contributed by atoms with van der Waals surface area (Å²) in [6.07, 6.45) is 1.01. The van der Waals surface area contributed by atoms with Gasteiger partial charge < -0.3 is 5.32 Å². The highest BCUT2D eigenvalue weighted by Crippen LogP contribution is 2.29. The topological polar surface area (TPSA) is 55.2 Å². The maximum atomic E-state index is 11.1. The second-order valence-corrected chi connectivity index (χ2v) is 5.24. The molecule has 0 amide bonds. The van der Waals surface area contributed by atoms with Gasteiger partial charge in [-0.05, 0) is 43.0 Å². The van der Waals surface area contributed by atoms with E-state index in [0.717, 1.165) is 17.5 Å². The molecule has 2 aromatic carbocycles. The molecular weight excluding hydrogens is 264 g/mol. The van der Waals surface area contributed by atoms with Crippen molar-refractivity contribution in [2.75, 3.05) is 5.32 Å². The van der Waals surface area contributed by atoms with E-state index in [2.05, 4.69) is 36.5 Å². The summed E-state index contributed by atoms with van der Waals surface area (Å²) in [5, 5.41) is 14.3. The molecule has 0 spiro atoms. The first-order valence-corrected chi connectivity index (χ1v) is 7.11. The predicted molar refractivity (Wildman–Crippen MR) is 85.7 cm³/mol. The number of aryl methyl sites for hydroxylation is 2. The lowest BCUT2D eigenvalue weighted by molar-refractivity contribution is -0.384. The van der Waals surface area contributed by atoms with E-state index in [9.17, 15) is 10.1 Å². The molecule has 21 heavy (non-hydrogen) atoms. The van der Waals surface area contributed by atoms with Gasteiger partial charge in [0, 0.05) is 12.1 Å². The van der Waals surface area contributed by atoms with Crippen molar-refractivity contribution in [3.05, 3.63) is 69.3 Å². The van der Waals surface area contributed by atoms with Crippen molar-refractivity contribution in [2.45, 2.75) is 33.2 Å². The molecule has 1 unspecified atom stereocenters. The van der Waals surface area contributed by atoms with Gasteiger partial charge in [-0.1, -0.05) is 37.3 Å². The Kier molecular flexibility index (Phi) is 4.58. The molecule has 110 valence electrons. The van der Waals surface area contributed by atoms with Crippen molar-refractivity contribution in [2.24, 2.45) is 0 Å². The zero-order valence-corrected chi connectivity index (χ0v) is 12.6. The van der Waals surface area contributed by atoms with Gasteiger partial charge in [-0.2, -0.15) is 0 Å². The Balaban J connectivity index is 2.24. The van der Waals surface area contributed by atoms with E-state index in [1.165, 1.54) is 5.56 Å². The van der Waals surface area contributed by atoms with Gasteiger partial charge in [-0.3, -0.25) is 10.1 Å². The fourth-order valence-corrected chi connectivity index (χ4v) is 2.28. The summed E-state index contributed by atoms with van der Waals surface area (Å²) in [4.78, 5) is 10.7. The van der Waals surface area contributed by atoms with Crippen molar-refractivity contribution in [3.8, 4) is 0 Å². The molecule has 1 atom stereocenters. The summed E-state index contributed by atoms with van der Waals surface area (Å²) in [6, 6.07) is 13.5. The summed E-state index contributed by atoms with van der Waals surface area (Å²) < 4.78 is 0. The van der Waals surface area contributed by atoms with Crippen LogP contribution < -0.4 is 5.32 Å². The molecule has 4 heteroatoms. The first kappa shape index (κ1) is 15.0. The monoisotopic (exact) mass is 284 g/mol. The largest absolute Gasteiger partial charge is 0.373 e. The lowest BCUT2D eigenvalue weighted by atomic mass is 10.0. The van der Waals surface area contributed by atoms with Crippen LogP contribution in [0.4, 0.5) is 11.4 Å². The van der Waals surface area contributed by atoms with Crippen molar-refractivity contribution < 1.29 is 4.92 Å². The number of hydrogen-bond donors (Lipinski definition) is 1. The molecule has 4 nitrogen and oxygen atoms in total. The Bertz CT molecular complexity index is 636. The number of nitrogens with zero attached hydrogens (tertiary/aromatic N) is 1. The van der Waals surface area contributed by atoms with E-state index in [1.807, 2.05) is 19.9 Å². The molecule has 0 aliphatic rings. The van der Waals surface area contributed by atoms with Gasteiger partial charge in [0.05, 0.1) is 4.92 Å². The van der Waals surface area contributed by atoms with E-state index in [0.29, 0.717) is 5.69 Å². The highest BCUT2D eigenvalue weighted by Gasteiger charge is 2.16. The molecule has 0 radical (unpaired) electrons.